The standard InChI is InChI=1S/C13H20N2O/c1-4-11-8-6-7-10(3)13(11)15(5-2)12(16)9-14/h6-8H,4-5,9,14H2,1-3H3. The lowest BCUT2D eigenvalue weighted by Gasteiger charge is -2.25. The van der Waals surface area contributed by atoms with Gasteiger partial charge in [0.1, 0.15) is 0 Å². The van der Waals surface area contributed by atoms with E-state index in [1.807, 2.05) is 26.0 Å². The Kier molecular flexibility index (Phi) is 4.50. The molecule has 1 aromatic rings. The maximum Gasteiger partial charge on any atom is 0.240 e. The average Bonchev–Trinajstić information content (AvgIpc) is 2.31. The minimum Gasteiger partial charge on any atom is -0.322 e. The third-order valence-corrected chi connectivity index (χ3v) is 2.76. The summed E-state index contributed by atoms with van der Waals surface area (Å²) in [4.78, 5) is 13.5. The van der Waals surface area contributed by atoms with E-state index in [1.54, 1.807) is 4.90 Å². The lowest BCUT2D eigenvalue weighted by atomic mass is 10.0. The van der Waals surface area contributed by atoms with Crippen molar-refractivity contribution >= 4 is 11.6 Å². The fourth-order valence-electron chi connectivity index (χ4n) is 1.96. The van der Waals surface area contributed by atoms with Crippen molar-refractivity contribution < 1.29 is 4.79 Å². The largest absolute Gasteiger partial charge is 0.322 e. The van der Waals surface area contributed by atoms with Gasteiger partial charge in [-0.2, -0.15) is 0 Å². The van der Waals surface area contributed by atoms with E-state index < -0.39 is 0 Å². The molecule has 0 fully saturated rings. The monoisotopic (exact) mass is 220 g/mol. The van der Waals surface area contributed by atoms with Gasteiger partial charge in [-0.15, -0.1) is 0 Å². The Morgan fingerprint density at radius 1 is 1.38 bits per heavy atom. The van der Waals surface area contributed by atoms with Crippen LogP contribution in [-0.2, 0) is 11.2 Å². The minimum absolute atomic E-state index is 0.0218. The summed E-state index contributed by atoms with van der Waals surface area (Å²) < 4.78 is 0. The molecule has 0 atom stereocenters. The highest BCUT2D eigenvalue weighted by Gasteiger charge is 2.16. The fraction of sp³-hybridized carbons (Fsp3) is 0.462. The first-order valence-corrected chi connectivity index (χ1v) is 5.74. The second kappa shape index (κ2) is 5.66. The molecule has 1 rings (SSSR count). The zero-order valence-electron chi connectivity index (χ0n) is 10.3. The highest BCUT2D eigenvalue weighted by Crippen LogP contribution is 2.25. The molecule has 3 nitrogen and oxygen atoms in total. The topological polar surface area (TPSA) is 46.3 Å². The van der Waals surface area contributed by atoms with E-state index in [2.05, 4.69) is 13.0 Å². The first kappa shape index (κ1) is 12.7. The summed E-state index contributed by atoms with van der Waals surface area (Å²) in [7, 11) is 0. The van der Waals surface area contributed by atoms with Crippen LogP contribution in [0.15, 0.2) is 18.2 Å². The van der Waals surface area contributed by atoms with Crippen LogP contribution in [0.4, 0.5) is 5.69 Å². The molecule has 0 aliphatic rings. The number of aryl methyl sites for hydroxylation is 2. The lowest BCUT2D eigenvalue weighted by molar-refractivity contribution is -0.117. The van der Waals surface area contributed by atoms with Crippen molar-refractivity contribution in [1.29, 1.82) is 0 Å². The number of nitrogens with two attached hydrogens (primary N) is 1. The lowest BCUT2D eigenvalue weighted by Crippen LogP contribution is -2.36. The van der Waals surface area contributed by atoms with E-state index >= 15 is 0 Å². The van der Waals surface area contributed by atoms with Crippen LogP contribution in [0.25, 0.3) is 0 Å². The van der Waals surface area contributed by atoms with Crippen LogP contribution in [0.1, 0.15) is 25.0 Å². The third kappa shape index (κ3) is 2.42. The zero-order chi connectivity index (χ0) is 12.1. The van der Waals surface area contributed by atoms with Gasteiger partial charge in [-0.1, -0.05) is 25.1 Å². The van der Waals surface area contributed by atoms with Crippen LogP contribution >= 0.6 is 0 Å². The van der Waals surface area contributed by atoms with Gasteiger partial charge in [0.15, 0.2) is 0 Å². The molecule has 0 unspecified atom stereocenters. The van der Waals surface area contributed by atoms with Crippen molar-refractivity contribution in [3.05, 3.63) is 29.3 Å². The molecule has 88 valence electrons. The molecule has 16 heavy (non-hydrogen) atoms. The van der Waals surface area contributed by atoms with Gasteiger partial charge in [-0.05, 0) is 31.4 Å². The molecule has 3 heteroatoms. The number of rotatable bonds is 4. The molecule has 0 radical (unpaired) electrons. The molecule has 2 N–H and O–H groups in total. The van der Waals surface area contributed by atoms with E-state index in [0.717, 1.165) is 17.7 Å². The quantitative estimate of drug-likeness (QED) is 0.842. The van der Waals surface area contributed by atoms with Gasteiger partial charge in [-0.25, -0.2) is 0 Å². The predicted octanol–water partition coefficient (Wildman–Crippen LogP) is 1.87. The Balaban J connectivity index is 3.22. The molecule has 0 aromatic heterocycles. The van der Waals surface area contributed by atoms with Crippen LogP contribution in [0.3, 0.4) is 0 Å². The highest BCUT2D eigenvalue weighted by atomic mass is 16.2. The summed E-state index contributed by atoms with van der Waals surface area (Å²) in [5.74, 6) is -0.0218. The molecule has 0 aliphatic heterocycles. The Labute approximate surface area is 97.2 Å². The van der Waals surface area contributed by atoms with Gasteiger partial charge >= 0.3 is 0 Å². The van der Waals surface area contributed by atoms with Gasteiger partial charge in [-0.3, -0.25) is 4.79 Å². The molecule has 0 saturated heterocycles. The summed E-state index contributed by atoms with van der Waals surface area (Å²) in [6, 6.07) is 6.12. The second-order valence-electron chi connectivity index (χ2n) is 3.78. The summed E-state index contributed by atoms with van der Waals surface area (Å²) in [5.41, 5.74) is 8.79. The van der Waals surface area contributed by atoms with E-state index in [4.69, 9.17) is 5.73 Å². The number of carbonyl (C=O) groups excluding carboxylic acids is 1. The number of carbonyl (C=O) groups is 1. The Bertz CT molecular complexity index is 374. The molecule has 0 heterocycles. The Hall–Kier alpha value is -1.35. The first-order valence-electron chi connectivity index (χ1n) is 5.74. The minimum atomic E-state index is -0.0218. The van der Waals surface area contributed by atoms with Gasteiger partial charge in [0.2, 0.25) is 5.91 Å². The molecule has 0 saturated carbocycles. The van der Waals surface area contributed by atoms with E-state index in [9.17, 15) is 4.79 Å². The van der Waals surface area contributed by atoms with Crippen molar-refractivity contribution in [2.24, 2.45) is 5.73 Å². The van der Waals surface area contributed by atoms with Crippen molar-refractivity contribution in [2.75, 3.05) is 18.0 Å². The van der Waals surface area contributed by atoms with Gasteiger partial charge < -0.3 is 10.6 Å². The first-order chi connectivity index (χ1) is 7.65. The smallest absolute Gasteiger partial charge is 0.240 e. The van der Waals surface area contributed by atoms with Gasteiger partial charge in [0.25, 0.3) is 0 Å². The predicted molar refractivity (Wildman–Crippen MR) is 67.6 cm³/mol. The number of hydrogen-bond donors (Lipinski definition) is 1. The zero-order valence-corrected chi connectivity index (χ0v) is 10.3. The molecule has 1 amide bonds. The average molecular weight is 220 g/mol. The number of benzene rings is 1. The third-order valence-electron chi connectivity index (χ3n) is 2.76. The number of hydrogen-bond acceptors (Lipinski definition) is 2. The van der Waals surface area contributed by atoms with Crippen molar-refractivity contribution in [1.82, 2.24) is 0 Å². The molecular weight excluding hydrogens is 200 g/mol. The number of likely N-dealkylation sites (N-methyl/N-ethyl adjacent to an activating group) is 1. The summed E-state index contributed by atoms with van der Waals surface area (Å²) >= 11 is 0. The SMILES string of the molecule is CCc1cccc(C)c1N(CC)C(=O)CN. The number of para-hydroxylation sites is 1. The van der Waals surface area contributed by atoms with Crippen LogP contribution in [0.5, 0.6) is 0 Å². The molecule has 0 bridgehead atoms. The summed E-state index contributed by atoms with van der Waals surface area (Å²) in [5, 5.41) is 0. The van der Waals surface area contributed by atoms with E-state index in [0.29, 0.717) is 6.54 Å². The Morgan fingerprint density at radius 2 is 2.06 bits per heavy atom. The molecule has 1 aromatic carbocycles. The van der Waals surface area contributed by atoms with Crippen molar-refractivity contribution in [3.63, 3.8) is 0 Å². The fourth-order valence-corrected chi connectivity index (χ4v) is 1.96. The van der Waals surface area contributed by atoms with Crippen LogP contribution in [0, 0.1) is 6.92 Å². The van der Waals surface area contributed by atoms with Crippen LogP contribution in [0.2, 0.25) is 0 Å². The summed E-state index contributed by atoms with van der Waals surface area (Å²) in [6.07, 6.45) is 0.922. The van der Waals surface area contributed by atoms with E-state index in [-0.39, 0.29) is 12.5 Å². The maximum absolute atomic E-state index is 11.8. The maximum atomic E-state index is 11.8. The summed E-state index contributed by atoms with van der Waals surface area (Å²) in [6.45, 7) is 6.82. The number of nitrogens with zero attached hydrogens (tertiary/aromatic N) is 1. The number of amides is 1. The van der Waals surface area contributed by atoms with Crippen LogP contribution in [-0.4, -0.2) is 19.0 Å². The highest BCUT2D eigenvalue weighted by molar-refractivity contribution is 5.96. The van der Waals surface area contributed by atoms with Crippen LogP contribution < -0.4 is 10.6 Å². The van der Waals surface area contributed by atoms with Gasteiger partial charge in [0.05, 0.1) is 6.54 Å². The Morgan fingerprint density at radius 3 is 2.56 bits per heavy atom. The molecular formula is C13H20N2O. The second-order valence-corrected chi connectivity index (χ2v) is 3.78. The van der Waals surface area contributed by atoms with Crippen molar-refractivity contribution in [3.8, 4) is 0 Å². The normalized spacial score (nSPS) is 10.2. The number of anilines is 1. The van der Waals surface area contributed by atoms with E-state index in [1.165, 1.54) is 5.56 Å². The molecule has 0 aliphatic carbocycles. The molecule has 0 spiro atoms. The van der Waals surface area contributed by atoms with Gasteiger partial charge in [0, 0.05) is 12.2 Å². The van der Waals surface area contributed by atoms with Crippen molar-refractivity contribution in [2.45, 2.75) is 27.2 Å².